The fraction of sp³-hybridized carbons (Fsp3) is 0.579. The van der Waals surface area contributed by atoms with E-state index in [0.29, 0.717) is 0 Å². The number of rotatable bonds is 4. The van der Waals surface area contributed by atoms with Crippen molar-refractivity contribution >= 4 is 23.6 Å². The number of nitrogens with one attached hydrogen (secondary N) is 1. The Balaban J connectivity index is 1.52. The number of fused-ring (bicyclic) bond motifs is 2. The predicted octanol–water partition coefficient (Wildman–Crippen LogP) is 3.17. The standard InChI is InChI=1S/C19H23F2N3O4/c1-27-18(25)22-9-14-10-23(19(26)28-14)13-7-15(20)17(16(21)8-13)24-11-3-2-4-12(24)6-5-11/h7-8,11-12,14H,2-6,9-10H2,1H3,(H,22,25)/t11?,12?,14-/m0/s1. The molecule has 4 rings (SSSR count). The molecule has 152 valence electrons. The van der Waals surface area contributed by atoms with Gasteiger partial charge in [0.15, 0.2) is 11.6 Å². The van der Waals surface area contributed by atoms with Crippen LogP contribution in [0.3, 0.4) is 0 Å². The van der Waals surface area contributed by atoms with Crippen LogP contribution in [0.2, 0.25) is 0 Å². The summed E-state index contributed by atoms with van der Waals surface area (Å²) in [6, 6.07) is 2.73. The minimum absolute atomic E-state index is 0.00687. The van der Waals surface area contributed by atoms with Gasteiger partial charge in [0.2, 0.25) is 0 Å². The average Bonchev–Trinajstić information content (AvgIpc) is 3.14. The number of hydrogen-bond donors (Lipinski definition) is 1. The van der Waals surface area contributed by atoms with Crippen LogP contribution in [0.1, 0.15) is 32.1 Å². The fourth-order valence-electron chi connectivity index (χ4n) is 4.54. The molecule has 3 heterocycles. The summed E-state index contributed by atoms with van der Waals surface area (Å²) in [6.45, 7) is 0.130. The lowest BCUT2D eigenvalue weighted by molar-refractivity contribution is 0.132. The number of carbonyl (C=O) groups is 2. The van der Waals surface area contributed by atoms with Crippen molar-refractivity contribution in [2.45, 2.75) is 50.3 Å². The second-order valence-corrected chi connectivity index (χ2v) is 7.47. The van der Waals surface area contributed by atoms with Crippen molar-refractivity contribution in [3.8, 4) is 0 Å². The van der Waals surface area contributed by atoms with Gasteiger partial charge in [-0.05, 0) is 32.1 Å². The Morgan fingerprint density at radius 1 is 1.21 bits per heavy atom. The van der Waals surface area contributed by atoms with Crippen LogP contribution in [-0.4, -0.2) is 50.6 Å². The van der Waals surface area contributed by atoms with Gasteiger partial charge in [-0.15, -0.1) is 0 Å². The molecule has 7 nitrogen and oxygen atoms in total. The van der Waals surface area contributed by atoms with Crippen molar-refractivity contribution in [3.63, 3.8) is 0 Å². The number of halogens is 2. The number of methoxy groups -OCH3 is 1. The van der Waals surface area contributed by atoms with Crippen molar-refractivity contribution < 1.29 is 27.8 Å². The lowest BCUT2D eigenvalue weighted by atomic mass is 10.0. The molecule has 9 heteroatoms. The zero-order chi connectivity index (χ0) is 19.8. The molecule has 3 fully saturated rings. The number of anilines is 2. The zero-order valence-electron chi connectivity index (χ0n) is 15.6. The first-order valence-corrected chi connectivity index (χ1v) is 9.55. The number of amides is 2. The van der Waals surface area contributed by atoms with E-state index in [9.17, 15) is 18.4 Å². The highest BCUT2D eigenvalue weighted by molar-refractivity contribution is 5.90. The van der Waals surface area contributed by atoms with E-state index >= 15 is 0 Å². The largest absolute Gasteiger partial charge is 0.453 e. The summed E-state index contributed by atoms with van der Waals surface area (Å²) in [7, 11) is 1.23. The summed E-state index contributed by atoms with van der Waals surface area (Å²) < 4.78 is 39.4. The van der Waals surface area contributed by atoms with E-state index in [0.717, 1.165) is 32.1 Å². The Labute approximate surface area is 161 Å². The van der Waals surface area contributed by atoms with Gasteiger partial charge in [0.05, 0.1) is 25.9 Å². The number of ether oxygens (including phenoxy) is 2. The van der Waals surface area contributed by atoms with E-state index in [4.69, 9.17) is 4.74 Å². The summed E-state index contributed by atoms with van der Waals surface area (Å²) in [5, 5.41) is 2.44. The van der Waals surface area contributed by atoms with E-state index in [1.54, 1.807) is 0 Å². The Bertz CT molecular complexity index is 751. The third kappa shape index (κ3) is 3.33. The minimum atomic E-state index is -0.707. The molecule has 1 N–H and O–H groups in total. The van der Waals surface area contributed by atoms with E-state index in [1.165, 1.54) is 24.1 Å². The van der Waals surface area contributed by atoms with Gasteiger partial charge >= 0.3 is 12.2 Å². The quantitative estimate of drug-likeness (QED) is 0.848. The molecule has 0 aliphatic carbocycles. The van der Waals surface area contributed by atoms with E-state index < -0.39 is 29.9 Å². The van der Waals surface area contributed by atoms with Gasteiger partial charge < -0.3 is 19.7 Å². The molecule has 28 heavy (non-hydrogen) atoms. The van der Waals surface area contributed by atoms with Gasteiger partial charge in [0.25, 0.3) is 0 Å². The van der Waals surface area contributed by atoms with Crippen LogP contribution >= 0.6 is 0 Å². The van der Waals surface area contributed by atoms with Gasteiger partial charge in [-0.2, -0.15) is 0 Å². The van der Waals surface area contributed by atoms with Crippen LogP contribution in [-0.2, 0) is 9.47 Å². The average molecular weight is 395 g/mol. The van der Waals surface area contributed by atoms with E-state index in [1.807, 2.05) is 4.90 Å². The number of cyclic esters (lactones) is 1. The molecule has 1 aromatic carbocycles. The highest BCUT2D eigenvalue weighted by Gasteiger charge is 2.40. The number of carbonyl (C=O) groups excluding carboxylic acids is 2. The van der Waals surface area contributed by atoms with Crippen LogP contribution in [0.5, 0.6) is 0 Å². The van der Waals surface area contributed by atoms with Crippen LogP contribution in [0.4, 0.5) is 29.7 Å². The fourth-order valence-corrected chi connectivity index (χ4v) is 4.54. The Kier molecular flexibility index (Phi) is 4.99. The molecule has 3 aliphatic rings. The normalized spacial score (nSPS) is 26.4. The molecule has 0 spiro atoms. The van der Waals surface area contributed by atoms with Gasteiger partial charge in [-0.3, -0.25) is 4.90 Å². The third-order valence-corrected chi connectivity index (χ3v) is 5.80. The third-order valence-electron chi connectivity index (χ3n) is 5.80. The van der Waals surface area contributed by atoms with Crippen LogP contribution in [0.25, 0.3) is 0 Å². The number of alkyl carbamates (subject to hydrolysis) is 1. The maximum atomic E-state index is 14.9. The van der Waals surface area contributed by atoms with Gasteiger partial charge in [0, 0.05) is 24.2 Å². The Morgan fingerprint density at radius 3 is 2.46 bits per heavy atom. The van der Waals surface area contributed by atoms with Crippen LogP contribution in [0.15, 0.2) is 12.1 Å². The molecule has 3 saturated heterocycles. The van der Waals surface area contributed by atoms with Crippen molar-refractivity contribution in [1.29, 1.82) is 0 Å². The molecule has 2 unspecified atom stereocenters. The number of piperidine rings is 1. The first-order chi connectivity index (χ1) is 13.5. The molecule has 0 aromatic heterocycles. The summed E-state index contributed by atoms with van der Waals surface area (Å²) in [5.41, 5.74) is 0.112. The van der Waals surface area contributed by atoms with E-state index in [-0.39, 0.29) is 36.5 Å². The molecule has 2 amide bonds. The van der Waals surface area contributed by atoms with Crippen LogP contribution in [0, 0.1) is 11.6 Å². The number of hydrogen-bond acceptors (Lipinski definition) is 5. The molecule has 3 atom stereocenters. The number of nitrogens with zero attached hydrogens (tertiary/aromatic N) is 2. The molecule has 2 bridgehead atoms. The maximum absolute atomic E-state index is 14.9. The topological polar surface area (TPSA) is 71.1 Å². The predicted molar refractivity (Wildman–Crippen MR) is 97.5 cm³/mol. The number of benzene rings is 1. The van der Waals surface area contributed by atoms with Gasteiger partial charge in [0.1, 0.15) is 11.8 Å². The van der Waals surface area contributed by atoms with Crippen LogP contribution < -0.4 is 15.1 Å². The molecular weight excluding hydrogens is 372 g/mol. The monoisotopic (exact) mass is 395 g/mol. The smallest absolute Gasteiger partial charge is 0.414 e. The minimum Gasteiger partial charge on any atom is -0.453 e. The molecular formula is C19H23F2N3O4. The second-order valence-electron chi connectivity index (χ2n) is 7.47. The summed E-state index contributed by atoms with van der Waals surface area (Å²) >= 11 is 0. The van der Waals surface area contributed by atoms with Crippen molar-refractivity contribution in [1.82, 2.24) is 5.32 Å². The highest BCUT2D eigenvalue weighted by atomic mass is 19.1. The first-order valence-electron chi connectivity index (χ1n) is 9.55. The molecule has 0 radical (unpaired) electrons. The highest BCUT2D eigenvalue weighted by Crippen LogP contribution is 2.42. The lowest BCUT2D eigenvalue weighted by Gasteiger charge is -2.37. The first kappa shape index (κ1) is 18.8. The Morgan fingerprint density at radius 2 is 1.86 bits per heavy atom. The zero-order valence-corrected chi connectivity index (χ0v) is 15.6. The molecule has 1 aromatic rings. The van der Waals surface area contributed by atoms with Crippen molar-refractivity contribution in [3.05, 3.63) is 23.8 Å². The van der Waals surface area contributed by atoms with Crippen molar-refractivity contribution in [2.24, 2.45) is 0 Å². The molecule has 0 saturated carbocycles. The summed E-state index contributed by atoms with van der Waals surface area (Å²) in [5.74, 6) is -1.34. The summed E-state index contributed by atoms with van der Waals surface area (Å²) in [6.07, 6.45) is 2.92. The van der Waals surface area contributed by atoms with Gasteiger partial charge in [-0.25, -0.2) is 18.4 Å². The lowest BCUT2D eigenvalue weighted by Crippen LogP contribution is -2.41. The SMILES string of the molecule is COC(=O)NC[C@H]1CN(c2cc(F)c(N3C4CCCC3CC4)c(F)c2)C(=O)O1. The van der Waals surface area contributed by atoms with Gasteiger partial charge in [-0.1, -0.05) is 0 Å². The second kappa shape index (κ2) is 7.44. The molecule has 3 aliphatic heterocycles. The Hall–Kier alpha value is -2.58. The maximum Gasteiger partial charge on any atom is 0.414 e. The van der Waals surface area contributed by atoms with Crippen molar-refractivity contribution in [2.75, 3.05) is 30.0 Å². The van der Waals surface area contributed by atoms with E-state index in [2.05, 4.69) is 10.1 Å². The summed E-state index contributed by atoms with van der Waals surface area (Å²) in [4.78, 5) is 26.3.